The molecule has 0 fully saturated rings. The molecule has 0 aliphatic heterocycles. The summed E-state index contributed by atoms with van der Waals surface area (Å²) in [7, 11) is 1.38. The fraction of sp³-hybridized carbons (Fsp3) is 0.263. The van der Waals surface area contributed by atoms with Gasteiger partial charge in [0.2, 0.25) is 5.91 Å². The molecule has 0 spiro atoms. The highest BCUT2D eigenvalue weighted by atomic mass is 19.4. The number of para-hydroxylation sites is 2. The molecule has 144 valence electrons. The van der Waals surface area contributed by atoms with Gasteiger partial charge in [-0.15, -0.1) is 0 Å². The molecular weight excluding hydrogens is 361 g/mol. The summed E-state index contributed by atoms with van der Waals surface area (Å²) >= 11 is 0. The minimum absolute atomic E-state index is 0.357. The van der Waals surface area contributed by atoms with Gasteiger partial charge in [0.1, 0.15) is 5.75 Å². The lowest BCUT2D eigenvalue weighted by Crippen LogP contribution is -2.42. The van der Waals surface area contributed by atoms with Gasteiger partial charge in [-0.2, -0.15) is 13.2 Å². The second-order valence-electron chi connectivity index (χ2n) is 5.86. The number of alkyl halides is 3. The van der Waals surface area contributed by atoms with Crippen molar-refractivity contribution in [1.29, 1.82) is 0 Å². The largest absolute Gasteiger partial charge is 0.481 e. The molecule has 27 heavy (non-hydrogen) atoms. The Balaban J connectivity index is 1.96. The standard InChI is InChI=1S/C19H19F3N2O3/c1-13(27-14-8-4-3-5-9-14)18(26)24(2)12-17(25)23-16-11-7-6-10-15(16)19(20,21)22/h3-11,13H,12H2,1-2H3,(H,23,25). The molecule has 0 aromatic heterocycles. The van der Waals surface area contributed by atoms with Crippen LogP contribution < -0.4 is 10.1 Å². The number of benzene rings is 2. The van der Waals surface area contributed by atoms with Crippen molar-refractivity contribution < 1.29 is 27.5 Å². The molecule has 1 N–H and O–H groups in total. The normalized spacial score (nSPS) is 12.2. The molecule has 2 rings (SSSR count). The Morgan fingerprint density at radius 2 is 1.67 bits per heavy atom. The number of hydrogen-bond donors (Lipinski definition) is 1. The molecule has 0 saturated carbocycles. The summed E-state index contributed by atoms with van der Waals surface area (Å²) in [4.78, 5) is 25.5. The molecule has 2 aromatic rings. The van der Waals surface area contributed by atoms with Gasteiger partial charge < -0.3 is 15.0 Å². The minimum Gasteiger partial charge on any atom is -0.481 e. The number of nitrogens with zero attached hydrogens (tertiary/aromatic N) is 1. The third kappa shape index (κ3) is 5.73. The molecule has 1 atom stereocenters. The third-order valence-electron chi connectivity index (χ3n) is 3.67. The topological polar surface area (TPSA) is 58.6 Å². The van der Waals surface area contributed by atoms with E-state index in [9.17, 15) is 22.8 Å². The minimum atomic E-state index is -4.59. The monoisotopic (exact) mass is 380 g/mol. The molecule has 8 heteroatoms. The lowest BCUT2D eigenvalue weighted by Gasteiger charge is -2.22. The van der Waals surface area contributed by atoms with Crippen LogP contribution in [0.15, 0.2) is 54.6 Å². The molecule has 0 heterocycles. The predicted octanol–water partition coefficient (Wildman–Crippen LogP) is 3.57. The van der Waals surface area contributed by atoms with Gasteiger partial charge in [-0.1, -0.05) is 30.3 Å². The van der Waals surface area contributed by atoms with Crippen molar-refractivity contribution in [2.24, 2.45) is 0 Å². The smallest absolute Gasteiger partial charge is 0.418 e. The van der Waals surface area contributed by atoms with Gasteiger partial charge in [0.25, 0.3) is 5.91 Å². The van der Waals surface area contributed by atoms with Gasteiger partial charge >= 0.3 is 6.18 Å². The van der Waals surface area contributed by atoms with Crippen LogP contribution in [0.1, 0.15) is 12.5 Å². The van der Waals surface area contributed by atoms with Crippen molar-refractivity contribution in [1.82, 2.24) is 4.90 Å². The Labute approximate surface area is 154 Å². The van der Waals surface area contributed by atoms with Crippen LogP contribution in [0.25, 0.3) is 0 Å². The number of nitrogens with one attached hydrogen (secondary N) is 1. The lowest BCUT2D eigenvalue weighted by molar-refractivity contribution is -0.139. The summed E-state index contributed by atoms with van der Waals surface area (Å²) < 4.78 is 44.4. The van der Waals surface area contributed by atoms with E-state index in [1.807, 2.05) is 0 Å². The summed E-state index contributed by atoms with van der Waals surface area (Å²) in [5.41, 5.74) is -1.31. The van der Waals surface area contributed by atoms with E-state index in [-0.39, 0.29) is 5.69 Å². The fourth-order valence-electron chi connectivity index (χ4n) is 2.39. The number of rotatable bonds is 6. The van der Waals surface area contributed by atoms with Crippen molar-refractivity contribution >= 4 is 17.5 Å². The summed E-state index contributed by atoms with van der Waals surface area (Å²) in [5.74, 6) is -0.720. The van der Waals surface area contributed by atoms with E-state index in [4.69, 9.17) is 4.74 Å². The zero-order valence-corrected chi connectivity index (χ0v) is 14.8. The van der Waals surface area contributed by atoms with Crippen LogP contribution >= 0.6 is 0 Å². The van der Waals surface area contributed by atoms with Gasteiger partial charge in [0, 0.05) is 7.05 Å². The summed E-state index contributed by atoms with van der Waals surface area (Å²) in [5, 5.41) is 2.20. The number of amides is 2. The molecule has 0 saturated heterocycles. The first-order valence-electron chi connectivity index (χ1n) is 8.11. The first kappa shape index (κ1) is 20.3. The van der Waals surface area contributed by atoms with E-state index in [0.717, 1.165) is 17.0 Å². The van der Waals surface area contributed by atoms with Crippen molar-refractivity contribution in [2.75, 3.05) is 18.9 Å². The Bertz CT molecular complexity index is 794. The van der Waals surface area contributed by atoms with Crippen LogP contribution in [0.5, 0.6) is 5.75 Å². The Hall–Kier alpha value is -3.03. The number of anilines is 1. The maximum Gasteiger partial charge on any atom is 0.418 e. The zero-order valence-electron chi connectivity index (χ0n) is 14.8. The maximum absolute atomic E-state index is 13.0. The molecule has 0 bridgehead atoms. The van der Waals surface area contributed by atoms with Gasteiger partial charge in [0.15, 0.2) is 6.10 Å². The number of halogens is 3. The Morgan fingerprint density at radius 1 is 1.07 bits per heavy atom. The SMILES string of the molecule is CC(Oc1ccccc1)C(=O)N(C)CC(=O)Nc1ccccc1C(F)(F)F. The summed E-state index contributed by atoms with van der Waals surface area (Å²) in [6.07, 6.45) is -5.45. The average Bonchev–Trinajstić information content (AvgIpc) is 2.61. The van der Waals surface area contributed by atoms with E-state index in [1.54, 1.807) is 30.3 Å². The first-order valence-corrected chi connectivity index (χ1v) is 8.11. The van der Waals surface area contributed by atoms with E-state index in [1.165, 1.54) is 26.1 Å². The zero-order chi connectivity index (χ0) is 20.0. The highest BCUT2D eigenvalue weighted by Crippen LogP contribution is 2.34. The second-order valence-corrected chi connectivity index (χ2v) is 5.86. The van der Waals surface area contributed by atoms with Crippen LogP contribution in [-0.2, 0) is 15.8 Å². The number of carbonyl (C=O) groups is 2. The van der Waals surface area contributed by atoms with Crippen molar-refractivity contribution in [2.45, 2.75) is 19.2 Å². The first-order chi connectivity index (χ1) is 12.7. The van der Waals surface area contributed by atoms with Crippen molar-refractivity contribution in [3.8, 4) is 5.75 Å². The molecule has 0 aliphatic carbocycles. The van der Waals surface area contributed by atoms with Crippen molar-refractivity contribution in [3.63, 3.8) is 0 Å². The molecule has 0 aliphatic rings. The number of ether oxygens (including phenoxy) is 1. The highest BCUT2D eigenvalue weighted by Gasteiger charge is 2.33. The molecular formula is C19H19F3N2O3. The quantitative estimate of drug-likeness (QED) is 0.834. The molecule has 2 aromatic carbocycles. The molecule has 5 nitrogen and oxygen atoms in total. The van der Waals surface area contributed by atoms with E-state index in [0.29, 0.717) is 5.75 Å². The van der Waals surface area contributed by atoms with Crippen LogP contribution in [0.2, 0.25) is 0 Å². The third-order valence-corrected chi connectivity index (χ3v) is 3.67. The fourth-order valence-corrected chi connectivity index (χ4v) is 2.39. The number of likely N-dealkylation sites (N-methyl/N-ethyl adjacent to an activating group) is 1. The van der Waals surface area contributed by atoms with E-state index < -0.39 is 36.2 Å². The summed E-state index contributed by atoms with van der Waals surface area (Å²) in [6.45, 7) is 1.12. The molecule has 0 radical (unpaired) electrons. The Kier molecular flexibility index (Phi) is 6.44. The van der Waals surface area contributed by atoms with Crippen LogP contribution in [-0.4, -0.2) is 36.4 Å². The maximum atomic E-state index is 13.0. The van der Waals surface area contributed by atoms with Crippen LogP contribution in [0, 0.1) is 0 Å². The van der Waals surface area contributed by atoms with E-state index in [2.05, 4.69) is 5.32 Å². The van der Waals surface area contributed by atoms with Crippen molar-refractivity contribution in [3.05, 3.63) is 60.2 Å². The van der Waals surface area contributed by atoms with Gasteiger partial charge in [-0.05, 0) is 31.2 Å². The molecule has 2 amide bonds. The number of hydrogen-bond acceptors (Lipinski definition) is 3. The predicted molar refractivity (Wildman–Crippen MR) is 94.2 cm³/mol. The lowest BCUT2D eigenvalue weighted by atomic mass is 10.1. The molecule has 1 unspecified atom stereocenters. The van der Waals surface area contributed by atoms with Crippen LogP contribution in [0.3, 0.4) is 0 Å². The Morgan fingerprint density at radius 3 is 2.30 bits per heavy atom. The van der Waals surface area contributed by atoms with E-state index >= 15 is 0 Å². The second kappa shape index (κ2) is 8.57. The highest BCUT2D eigenvalue weighted by molar-refractivity contribution is 5.95. The number of carbonyl (C=O) groups excluding carboxylic acids is 2. The van der Waals surface area contributed by atoms with Gasteiger partial charge in [-0.25, -0.2) is 0 Å². The average molecular weight is 380 g/mol. The van der Waals surface area contributed by atoms with Gasteiger partial charge in [-0.3, -0.25) is 9.59 Å². The van der Waals surface area contributed by atoms with Crippen LogP contribution in [0.4, 0.5) is 18.9 Å². The van der Waals surface area contributed by atoms with Gasteiger partial charge in [0.05, 0.1) is 17.8 Å². The summed E-state index contributed by atoms with van der Waals surface area (Å²) in [6, 6.07) is 13.3.